The molecule has 0 spiro atoms. The summed E-state index contributed by atoms with van der Waals surface area (Å²) in [4.78, 5) is 34.9. The van der Waals surface area contributed by atoms with Gasteiger partial charge in [-0.2, -0.15) is 0 Å². The fourth-order valence-corrected chi connectivity index (χ4v) is 6.56. The Morgan fingerprint density at radius 1 is 0.953 bits per heavy atom. The summed E-state index contributed by atoms with van der Waals surface area (Å²) in [6.07, 6.45) is 1.17. The molecule has 3 heterocycles. The molecule has 0 bridgehead atoms. The van der Waals surface area contributed by atoms with Gasteiger partial charge in [0.05, 0.1) is 5.52 Å². The molecule has 0 aliphatic carbocycles. The van der Waals surface area contributed by atoms with Crippen LogP contribution in [0.15, 0.2) is 78.0 Å². The zero-order valence-electron chi connectivity index (χ0n) is 24.9. The summed E-state index contributed by atoms with van der Waals surface area (Å²) in [6, 6.07) is 24.4. The van der Waals surface area contributed by atoms with Crippen molar-refractivity contribution in [1.82, 2.24) is 29.5 Å². The first-order valence-electron chi connectivity index (χ1n) is 14.8. The molecule has 9 heteroatoms. The van der Waals surface area contributed by atoms with Gasteiger partial charge in [0.1, 0.15) is 5.52 Å². The van der Waals surface area contributed by atoms with Crippen LogP contribution in [0.2, 0.25) is 0 Å². The highest BCUT2D eigenvalue weighted by Crippen LogP contribution is 2.29. The smallest absolute Gasteiger partial charge is 0.254 e. The summed E-state index contributed by atoms with van der Waals surface area (Å²) in [5, 5.41) is 10.7. The first-order chi connectivity index (χ1) is 20.9. The van der Waals surface area contributed by atoms with Gasteiger partial charge in [-0.15, -0.1) is 10.2 Å². The van der Waals surface area contributed by atoms with Crippen molar-refractivity contribution in [3.05, 3.63) is 95.1 Å². The average molecular weight is 593 g/mol. The highest BCUT2D eigenvalue weighted by Gasteiger charge is 2.30. The lowest BCUT2D eigenvalue weighted by Crippen LogP contribution is -2.55. The number of piperazine rings is 1. The molecule has 220 valence electrons. The number of thioether (sulfide) groups is 1. The lowest BCUT2D eigenvalue weighted by Gasteiger charge is -2.40. The Kier molecular flexibility index (Phi) is 8.42. The lowest BCUT2D eigenvalue weighted by molar-refractivity contribution is -0.133. The van der Waals surface area contributed by atoms with Crippen LogP contribution in [0.4, 0.5) is 0 Å². The van der Waals surface area contributed by atoms with E-state index < -0.39 is 0 Å². The summed E-state index contributed by atoms with van der Waals surface area (Å²) >= 11 is 1.53. The molecule has 43 heavy (non-hydrogen) atoms. The molecule has 0 radical (unpaired) electrons. The highest BCUT2D eigenvalue weighted by atomic mass is 32.2. The summed E-state index contributed by atoms with van der Waals surface area (Å²) in [6.45, 7) is 8.42. The van der Waals surface area contributed by atoms with Gasteiger partial charge < -0.3 is 14.4 Å². The minimum absolute atomic E-state index is 0.0307. The van der Waals surface area contributed by atoms with E-state index in [0.29, 0.717) is 44.2 Å². The first kappa shape index (κ1) is 28.9. The number of rotatable bonds is 8. The van der Waals surface area contributed by atoms with Crippen molar-refractivity contribution in [2.75, 3.05) is 25.4 Å². The summed E-state index contributed by atoms with van der Waals surface area (Å²) < 4.78 is 2.21. The van der Waals surface area contributed by atoms with Crippen molar-refractivity contribution in [2.45, 2.75) is 51.4 Å². The molecular formula is C34H36N6O2S. The number of aryl methyl sites for hydroxylation is 2. The quantitative estimate of drug-likeness (QED) is 0.165. The van der Waals surface area contributed by atoms with Crippen LogP contribution >= 0.6 is 11.8 Å². The second kappa shape index (κ2) is 12.6. The molecule has 6 rings (SSSR count). The number of fused-ring (bicyclic) bond motifs is 3. The molecule has 3 aromatic carbocycles. The number of hydrogen-bond acceptors (Lipinski definition) is 6. The number of amides is 2. The van der Waals surface area contributed by atoms with Gasteiger partial charge in [-0.1, -0.05) is 71.9 Å². The average Bonchev–Trinajstić information content (AvgIpc) is 3.31. The molecular weight excluding hydrogens is 556 g/mol. The maximum Gasteiger partial charge on any atom is 0.254 e. The molecule has 1 unspecified atom stereocenters. The molecule has 1 aliphatic heterocycles. The Hall–Kier alpha value is -4.24. The van der Waals surface area contributed by atoms with E-state index in [0.717, 1.165) is 38.9 Å². The minimum Gasteiger partial charge on any atom is -0.339 e. The van der Waals surface area contributed by atoms with Crippen molar-refractivity contribution in [2.24, 2.45) is 0 Å². The van der Waals surface area contributed by atoms with Crippen LogP contribution < -0.4 is 0 Å². The second-order valence-electron chi connectivity index (χ2n) is 11.3. The molecule has 0 N–H and O–H groups in total. The number of hydrogen-bond donors (Lipinski definition) is 0. The molecule has 1 aliphatic rings. The monoisotopic (exact) mass is 592 g/mol. The second-order valence-corrected chi connectivity index (χ2v) is 12.4. The van der Waals surface area contributed by atoms with E-state index >= 15 is 0 Å². The van der Waals surface area contributed by atoms with Crippen molar-refractivity contribution in [3.8, 4) is 0 Å². The van der Waals surface area contributed by atoms with Crippen LogP contribution in [0.5, 0.6) is 0 Å². The van der Waals surface area contributed by atoms with E-state index in [1.54, 1.807) is 0 Å². The fourth-order valence-electron chi connectivity index (χ4n) is 5.84. The summed E-state index contributed by atoms with van der Waals surface area (Å²) in [5.41, 5.74) is 6.80. The molecule has 2 amide bonds. The van der Waals surface area contributed by atoms with Gasteiger partial charge in [-0.05, 0) is 56.5 Å². The molecule has 5 aromatic rings. The minimum atomic E-state index is -0.0307. The van der Waals surface area contributed by atoms with Crippen molar-refractivity contribution in [3.63, 3.8) is 0 Å². The van der Waals surface area contributed by atoms with Gasteiger partial charge in [-0.3, -0.25) is 9.59 Å². The van der Waals surface area contributed by atoms with Gasteiger partial charge in [0.2, 0.25) is 11.1 Å². The summed E-state index contributed by atoms with van der Waals surface area (Å²) in [7, 11) is 0. The van der Waals surface area contributed by atoms with Crippen LogP contribution in [0, 0.1) is 13.8 Å². The van der Waals surface area contributed by atoms with Crippen molar-refractivity contribution < 1.29 is 9.59 Å². The van der Waals surface area contributed by atoms with Gasteiger partial charge >= 0.3 is 0 Å². The van der Waals surface area contributed by atoms with Gasteiger partial charge in [0.25, 0.3) is 5.91 Å². The predicted molar refractivity (Wildman–Crippen MR) is 171 cm³/mol. The van der Waals surface area contributed by atoms with Crippen molar-refractivity contribution >= 4 is 45.6 Å². The van der Waals surface area contributed by atoms with E-state index in [9.17, 15) is 9.59 Å². The van der Waals surface area contributed by atoms with Gasteiger partial charge in [0.15, 0.2) is 5.65 Å². The molecule has 0 saturated carbocycles. The third-order valence-corrected chi connectivity index (χ3v) is 9.09. The molecule has 1 atom stereocenters. The molecule has 1 saturated heterocycles. The zero-order valence-corrected chi connectivity index (χ0v) is 25.7. The Morgan fingerprint density at radius 2 is 1.74 bits per heavy atom. The number of nitrogens with zero attached hydrogens (tertiary/aromatic N) is 6. The first-order valence-corrected chi connectivity index (χ1v) is 15.8. The standard InChI is InChI=1S/C34H36N6O2S/c1-23-15-16-29-28(20-23)31-32(40(29)22-26-11-5-4-6-12-26)35-34(37-36-31)43-19-9-14-30(41)38-17-18-39(25(3)21-38)33(42)27-13-8-7-10-24(27)2/h4-8,10-13,15-16,20,25H,9,14,17-19,21-22H2,1-3H3. The van der Waals surface area contributed by atoms with Crippen LogP contribution in [0.1, 0.15) is 46.8 Å². The van der Waals surface area contributed by atoms with Crippen LogP contribution in [-0.4, -0.2) is 72.8 Å². The largest absolute Gasteiger partial charge is 0.339 e. The number of carbonyl (C=O) groups excluding carboxylic acids is 2. The third kappa shape index (κ3) is 6.13. The summed E-state index contributed by atoms with van der Waals surface area (Å²) in [5.74, 6) is 0.888. The maximum absolute atomic E-state index is 13.1. The third-order valence-electron chi connectivity index (χ3n) is 8.17. The van der Waals surface area contributed by atoms with Crippen LogP contribution in [-0.2, 0) is 11.3 Å². The number of aromatic nitrogens is 4. The Labute approximate surface area is 256 Å². The zero-order chi connectivity index (χ0) is 29.9. The van der Waals surface area contributed by atoms with E-state index in [2.05, 4.69) is 64.2 Å². The van der Waals surface area contributed by atoms with Gasteiger partial charge in [0, 0.05) is 55.3 Å². The normalized spacial score (nSPS) is 15.4. The van der Waals surface area contributed by atoms with Crippen LogP contribution in [0.25, 0.3) is 22.1 Å². The SMILES string of the molecule is Cc1ccc2c(c1)c1nnc(SCCCC(=O)N3CCN(C(=O)c4ccccc4C)C(C)C3)nc1n2Cc1ccccc1. The van der Waals surface area contributed by atoms with E-state index in [-0.39, 0.29) is 17.9 Å². The van der Waals surface area contributed by atoms with E-state index in [1.165, 1.54) is 22.9 Å². The van der Waals surface area contributed by atoms with Crippen molar-refractivity contribution in [1.29, 1.82) is 0 Å². The Bertz CT molecular complexity index is 1790. The topological polar surface area (TPSA) is 84.2 Å². The van der Waals surface area contributed by atoms with E-state index in [1.807, 2.05) is 54.0 Å². The Balaban J connectivity index is 1.07. The van der Waals surface area contributed by atoms with Crippen LogP contribution in [0.3, 0.4) is 0 Å². The predicted octanol–water partition coefficient (Wildman–Crippen LogP) is 5.89. The fraction of sp³-hybridized carbons (Fsp3) is 0.324. The number of carbonyl (C=O) groups is 2. The van der Waals surface area contributed by atoms with Gasteiger partial charge in [-0.25, -0.2) is 4.98 Å². The Morgan fingerprint density at radius 3 is 2.53 bits per heavy atom. The molecule has 1 fully saturated rings. The maximum atomic E-state index is 13.1. The molecule has 2 aromatic heterocycles. The number of benzene rings is 3. The molecule has 8 nitrogen and oxygen atoms in total. The van der Waals surface area contributed by atoms with E-state index in [4.69, 9.17) is 4.98 Å². The highest BCUT2D eigenvalue weighted by molar-refractivity contribution is 7.99. The lowest BCUT2D eigenvalue weighted by atomic mass is 10.1.